The third-order valence-electron chi connectivity index (χ3n) is 2.07. The van der Waals surface area contributed by atoms with Gasteiger partial charge in [0.2, 0.25) is 5.91 Å². The number of amidine groups is 1. The molecule has 1 saturated heterocycles. The predicted molar refractivity (Wildman–Crippen MR) is 53.2 cm³/mol. The Balaban J connectivity index is 2.41. The molecule has 0 aromatic carbocycles. The zero-order valence-electron chi connectivity index (χ0n) is 8.01. The molecule has 1 heterocycles. The summed E-state index contributed by atoms with van der Waals surface area (Å²) < 4.78 is 22.1. The van der Waals surface area contributed by atoms with Crippen molar-refractivity contribution in [1.29, 1.82) is 0 Å². The minimum absolute atomic E-state index is 0.0328. The van der Waals surface area contributed by atoms with E-state index in [1.165, 1.54) is 0 Å². The van der Waals surface area contributed by atoms with Crippen molar-refractivity contribution in [2.45, 2.75) is 18.9 Å². The summed E-state index contributed by atoms with van der Waals surface area (Å²) >= 11 is 0. The summed E-state index contributed by atoms with van der Waals surface area (Å²) in [6, 6.07) is -0.353. The van der Waals surface area contributed by atoms with Gasteiger partial charge in [-0.2, -0.15) is 0 Å². The molecule has 0 aromatic heterocycles. The van der Waals surface area contributed by atoms with Crippen LogP contribution in [-0.4, -0.2) is 42.9 Å². The fraction of sp³-hybridized carbons (Fsp3) is 0.714. The number of carbonyl (C=O) groups excluding carboxylic acids is 1. The van der Waals surface area contributed by atoms with Gasteiger partial charge < -0.3 is 16.3 Å². The molecule has 8 heteroatoms. The lowest BCUT2D eigenvalue weighted by atomic mass is 10.2. The number of oxime groups is 1. The van der Waals surface area contributed by atoms with Gasteiger partial charge in [0.1, 0.15) is 5.84 Å². The summed E-state index contributed by atoms with van der Waals surface area (Å²) in [7, 11) is -3.00. The minimum atomic E-state index is -3.00. The van der Waals surface area contributed by atoms with Crippen LogP contribution in [0.5, 0.6) is 0 Å². The quantitative estimate of drug-likeness (QED) is 0.236. The SMILES string of the molecule is N/C(CC(=O)NC1CCS(=O)(=O)C1)=N\O. The molecule has 0 radical (unpaired) electrons. The number of nitrogens with one attached hydrogen (secondary N) is 1. The Morgan fingerprint density at radius 2 is 2.27 bits per heavy atom. The molecule has 0 aromatic rings. The van der Waals surface area contributed by atoms with Gasteiger partial charge in [-0.1, -0.05) is 5.16 Å². The number of amides is 1. The van der Waals surface area contributed by atoms with Crippen LogP contribution in [0.15, 0.2) is 5.16 Å². The van der Waals surface area contributed by atoms with E-state index in [0.717, 1.165) is 0 Å². The summed E-state index contributed by atoms with van der Waals surface area (Å²) in [6.45, 7) is 0. The Morgan fingerprint density at radius 3 is 2.73 bits per heavy atom. The molecular weight excluding hydrogens is 222 g/mol. The zero-order valence-corrected chi connectivity index (χ0v) is 8.83. The summed E-state index contributed by atoms with van der Waals surface area (Å²) in [5.74, 6) is -0.572. The molecule has 1 aliphatic heterocycles. The third kappa shape index (κ3) is 3.74. The van der Waals surface area contributed by atoms with E-state index in [1.807, 2.05) is 0 Å². The molecule has 1 atom stereocenters. The maximum Gasteiger partial charge on any atom is 0.227 e. The van der Waals surface area contributed by atoms with E-state index >= 15 is 0 Å². The Labute approximate surface area is 87.2 Å². The van der Waals surface area contributed by atoms with E-state index in [0.29, 0.717) is 6.42 Å². The average molecular weight is 235 g/mol. The number of nitrogens with two attached hydrogens (primary N) is 1. The molecule has 7 nitrogen and oxygen atoms in total. The van der Waals surface area contributed by atoms with Crippen LogP contribution in [0.2, 0.25) is 0 Å². The van der Waals surface area contributed by atoms with Gasteiger partial charge in [0.15, 0.2) is 9.84 Å². The second-order valence-electron chi connectivity index (χ2n) is 3.44. The number of nitrogens with zero attached hydrogens (tertiary/aromatic N) is 1. The molecule has 1 fully saturated rings. The molecule has 1 unspecified atom stereocenters. The summed E-state index contributed by atoms with van der Waals surface area (Å²) in [5.41, 5.74) is 5.12. The Morgan fingerprint density at radius 1 is 1.60 bits per heavy atom. The molecule has 0 bridgehead atoms. The van der Waals surface area contributed by atoms with Crippen LogP contribution in [0.1, 0.15) is 12.8 Å². The lowest BCUT2D eigenvalue weighted by Gasteiger charge is -2.09. The minimum Gasteiger partial charge on any atom is -0.409 e. The topological polar surface area (TPSA) is 122 Å². The van der Waals surface area contributed by atoms with Gasteiger partial charge >= 0.3 is 0 Å². The zero-order chi connectivity index (χ0) is 11.5. The van der Waals surface area contributed by atoms with Gasteiger partial charge in [-0.25, -0.2) is 8.42 Å². The van der Waals surface area contributed by atoms with Crippen molar-refractivity contribution in [2.75, 3.05) is 11.5 Å². The third-order valence-corrected chi connectivity index (χ3v) is 3.84. The lowest BCUT2D eigenvalue weighted by Crippen LogP contribution is -2.37. The molecule has 1 amide bonds. The van der Waals surface area contributed by atoms with Crippen molar-refractivity contribution in [3.05, 3.63) is 0 Å². The largest absolute Gasteiger partial charge is 0.409 e. The van der Waals surface area contributed by atoms with Crippen molar-refractivity contribution < 1.29 is 18.4 Å². The monoisotopic (exact) mass is 235 g/mol. The van der Waals surface area contributed by atoms with Gasteiger partial charge in [-0.05, 0) is 6.42 Å². The Kier molecular flexibility index (Phi) is 3.51. The first-order chi connectivity index (χ1) is 6.93. The van der Waals surface area contributed by atoms with Crippen LogP contribution in [0.4, 0.5) is 0 Å². The molecule has 86 valence electrons. The van der Waals surface area contributed by atoms with E-state index in [1.54, 1.807) is 0 Å². The van der Waals surface area contributed by atoms with Crippen molar-refractivity contribution in [1.82, 2.24) is 5.32 Å². The van der Waals surface area contributed by atoms with E-state index in [4.69, 9.17) is 10.9 Å². The number of rotatable bonds is 3. The van der Waals surface area contributed by atoms with Crippen LogP contribution in [0.25, 0.3) is 0 Å². The second kappa shape index (κ2) is 4.47. The van der Waals surface area contributed by atoms with Crippen molar-refractivity contribution in [3.8, 4) is 0 Å². The summed E-state index contributed by atoms with van der Waals surface area (Å²) in [4.78, 5) is 11.2. The van der Waals surface area contributed by atoms with Crippen molar-refractivity contribution >= 4 is 21.6 Å². The van der Waals surface area contributed by atoms with E-state index < -0.39 is 15.7 Å². The standard InChI is InChI=1S/C7H13N3O4S/c8-6(10-12)3-7(11)9-5-1-2-15(13,14)4-5/h5,12H,1-4H2,(H2,8,10)(H,9,11). The molecule has 1 rings (SSSR count). The molecule has 0 aliphatic carbocycles. The van der Waals surface area contributed by atoms with Gasteiger partial charge in [-0.15, -0.1) is 0 Å². The number of carbonyl (C=O) groups is 1. The number of hydrogen-bond acceptors (Lipinski definition) is 5. The highest BCUT2D eigenvalue weighted by Gasteiger charge is 2.28. The van der Waals surface area contributed by atoms with E-state index in [9.17, 15) is 13.2 Å². The number of sulfone groups is 1. The molecule has 0 saturated carbocycles. The molecule has 1 aliphatic rings. The first kappa shape index (κ1) is 11.8. The highest BCUT2D eigenvalue weighted by molar-refractivity contribution is 7.91. The lowest BCUT2D eigenvalue weighted by molar-refractivity contribution is -0.120. The van der Waals surface area contributed by atoms with E-state index in [2.05, 4.69) is 10.5 Å². The van der Waals surface area contributed by atoms with Crippen LogP contribution in [0, 0.1) is 0 Å². The first-order valence-corrected chi connectivity index (χ1v) is 6.21. The Hall–Kier alpha value is -1.31. The number of hydrogen-bond donors (Lipinski definition) is 3. The fourth-order valence-corrected chi connectivity index (χ4v) is 3.06. The Bertz CT molecular complexity index is 376. The fourth-order valence-electron chi connectivity index (χ4n) is 1.39. The van der Waals surface area contributed by atoms with E-state index in [-0.39, 0.29) is 29.8 Å². The van der Waals surface area contributed by atoms with Gasteiger partial charge in [-0.3, -0.25) is 4.79 Å². The first-order valence-electron chi connectivity index (χ1n) is 4.39. The predicted octanol–water partition coefficient (Wildman–Crippen LogP) is -1.57. The van der Waals surface area contributed by atoms with Crippen molar-refractivity contribution in [2.24, 2.45) is 10.9 Å². The normalized spacial score (nSPS) is 25.1. The van der Waals surface area contributed by atoms with Crippen LogP contribution in [-0.2, 0) is 14.6 Å². The second-order valence-corrected chi connectivity index (χ2v) is 5.66. The molecule has 15 heavy (non-hydrogen) atoms. The van der Waals surface area contributed by atoms with Gasteiger partial charge in [0.25, 0.3) is 0 Å². The maximum absolute atomic E-state index is 11.2. The van der Waals surface area contributed by atoms with Crippen LogP contribution < -0.4 is 11.1 Å². The summed E-state index contributed by atoms with van der Waals surface area (Å²) in [5, 5.41) is 13.4. The summed E-state index contributed by atoms with van der Waals surface area (Å²) in [6.07, 6.45) is 0.192. The molecule has 4 N–H and O–H groups in total. The highest BCUT2D eigenvalue weighted by Crippen LogP contribution is 2.11. The maximum atomic E-state index is 11.2. The van der Waals surface area contributed by atoms with Crippen molar-refractivity contribution in [3.63, 3.8) is 0 Å². The molecular formula is C7H13N3O4S. The van der Waals surface area contributed by atoms with Crippen LogP contribution >= 0.6 is 0 Å². The van der Waals surface area contributed by atoms with Gasteiger partial charge in [0, 0.05) is 6.04 Å². The van der Waals surface area contributed by atoms with Gasteiger partial charge in [0.05, 0.1) is 17.9 Å². The highest BCUT2D eigenvalue weighted by atomic mass is 32.2. The molecule has 0 spiro atoms. The average Bonchev–Trinajstić information content (AvgIpc) is 2.44. The van der Waals surface area contributed by atoms with Crippen LogP contribution in [0.3, 0.4) is 0 Å². The smallest absolute Gasteiger partial charge is 0.227 e.